The first kappa shape index (κ1) is 15.2. The average Bonchev–Trinajstić information content (AvgIpc) is 2.38. The van der Waals surface area contributed by atoms with E-state index in [1.165, 1.54) is 4.31 Å². The molecule has 0 atom stereocenters. The first-order valence-electron chi connectivity index (χ1n) is 6.96. The third-order valence-electron chi connectivity index (χ3n) is 4.09. The Labute approximate surface area is 115 Å². The van der Waals surface area contributed by atoms with Crippen LogP contribution in [0.4, 0.5) is 0 Å². The van der Waals surface area contributed by atoms with Crippen molar-refractivity contribution in [1.29, 1.82) is 0 Å². The van der Waals surface area contributed by atoms with Gasteiger partial charge in [0.1, 0.15) is 0 Å². The number of ether oxygens (including phenoxy) is 1. The van der Waals surface area contributed by atoms with Crippen LogP contribution < -0.4 is 4.72 Å². The van der Waals surface area contributed by atoms with Gasteiger partial charge in [0.2, 0.25) is 0 Å². The van der Waals surface area contributed by atoms with Gasteiger partial charge in [-0.3, -0.25) is 0 Å². The van der Waals surface area contributed by atoms with Gasteiger partial charge >= 0.3 is 0 Å². The van der Waals surface area contributed by atoms with Crippen molar-refractivity contribution in [3.05, 3.63) is 0 Å². The van der Waals surface area contributed by atoms with E-state index < -0.39 is 15.8 Å². The molecule has 19 heavy (non-hydrogen) atoms. The van der Waals surface area contributed by atoms with Crippen LogP contribution in [-0.2, 0) is 14.9 Å². The molecule has 0 aromatic rings. The van der Waals surface area contributed by atoms with Gasteiger partial charge in [-0.05, 0) is 18.8 Å². The third kappa shape index (κ3) is 4.13. The number of piperidine rings is 1. The van der Waals surface area contributed by atoms with Gasteiger partial charge in [-0.2, -0.15) is 17.4 Å². The quantitative estimate of drug-likeness (QED) is 0.770. The van der Waals surface area contributed by atoms with Gasteiger partial charge < -0.3 is 9.84 Å². The number of hydrogen-bond acceptors (Lipinski definition) is 4. The van der Waals surface area contributed by atoms with Crippen LogP contribution in [0.15, 0.2) is 0 Å². The molecule has 0 amide bonds. The smallest absolute Gasteiger partial charge is 0.279 e. The predicted molar refractivity (Wildman–Crippen MR) is 71.9 cm³/mol. The average molecular weight is 292 g/mol. The standard InChI is InChI=1S/C12H24N2O4S/c1-11-2-6-14(7-3-11)19(16,17)13-10-12(15)4-8-18-9-5-12/h11,13,15H,2-10H2,1H3. The van der Waals surface area contributed by atoms with Crippen molar-refractivity contribution < 1.29 is 18.3 Å². The van der Waals surface area contributed by atoms with Gasteiger partial charge in [0.25, 0.3) is 10.2 Å². The third-order valence-corrected chi connectivity index (χ3v) is 5.64. The highest BCUT2D eigenvalue weighted by Gasteiger charge is 2.33. The Morgan fingerprint density at radius 2 is 1.89 bits per heavy atom. The second-order valence-electron chi connectivity index (χ2n) is 5.74. The minimum absolute atomic E-state index is 0.0742. The van der Waals surface area contributed by atoms with E-state index in [1.807, 2.05) is 0 Å². The minimum Gasteiger partial charge on any atom is -0.388 e. The summed E-state index contributed by atoms with van der Waals surface area (Å²) in [7, 11) is -3.46. The molecule has 0 aromatic carbocycles. The fourth-order valence-electron chi connectivity index (χ4n) is 2.47. The van der Waals surface area contributed by atoms with Crippen molar-refractivity contribution in [1.82, 2.24) is 9.03 Å². The van der Waals surface area contributed by atoms with Crippen molar-refractivity contribution in [2.24, 2.45) is 5.92 Å². The van der Waals surface area contributed by atoms with Gasteiger partial charge in [0, 0.05) is 45.7 Å². The summed E-state index contributed by atoms with van der Waals surface area (Å²) < 4.78 is 33.5. The molecule has 112 valence electrons. The Kier molecular flexibility index (Phi) is 4.84. The highest BCUT2D eigenvalue weighted by Crippen LogP contribution is 2.21. The largest absolute Gasteiger partial charge is 0.388 e. The van der Waals surface area contributed by atoms with Crippen molar-refractivity contribution in [2.75, 3.05) is 32.8 Å². The molecule has 0 aromatic heterocycles. The van der Waals surface area contributed by atoms with E-state index in [0.717, 1.165) is 12.8 Å². The zero-order valence-corrected chi connectivity index (χ0v) is 12.3. The maximum absolute atomic E-state index is 12.1. The van der Waals surface area contributed by atoms with E-state index in [0.29, 0.717) is 45.1 Å². The molecule has 2 saturated heterocycles. The molecule has 7 heteroatoms. The second kappa shape index (κ2) is 6.05. The highest BCUT2D eigenvalue weighted by atomic mass is 32.2. The van der Waals surface area contributed by atoms with Gasteiger partial charge in [0.15, 0.2) is 0 Å². The van der Waals surface area contributed by atoms with Crippen LogP contribution in [0.5, 0.6) is 0 Å². The van der Waals surface area contributed by atoms with E-state index >= 15 is 0 Å². The first-order valence-corrected chi connectivity index (χ1v) is 8.40. The number of aliphatic hydroxyl groups is 1. The lowest BCUT2D eigenvalue weighted by molar-refractivity contribution is -0.0590. The summed E-state index contributed by atoms with van der Waals surface area (Å²) in [4.78, 5) is 0. The number of nitrogens with one attached hydrogen (secondary N) is 1. The molecule has 0 radical (unpaired) electrons. The molecule has 2 aliphatic heterocycles. The zero-order chi connectivity index (χ0) is 13.9. The maximum atomic E-state index is 12.1. The van der Waals surface area contributed by atoms with Crippen molar-refractivity contribution in [3.63, 3.8) is 0 Å². The van der Waals surface area contributed by atoms with Crippen LogP contribution in [0.2, 0.25) is 0 Å². The normalized spacial score (nSPS) is 26.4. The summed E-state index contributed by atoms with van der Waals surface area (Å²) in [5.41, 5.74) is -0.964. The number of hydrogen-bond donors (Lipinski definition) is 2. The molecule has 2 N–H and O–H groups in total. The van der Waals surface area contributed by atoms with Crippen LogP contribution in [0.1, 0.15) is 32.6 Å². The molecule has 2 heterocycles. The van der Waals surface area contributed by atoms with Gasteiger partial charge in [-0.25, -0.2) is 0 Å². The summed E-state index contributed by atoms with van der Waals surface area (Å²) in [5.74, 6) is 0.589. The molecule has 6 nitrogen and oxygen atoms in total. The molecule has 0 spiro atoms. The molecular weight excluding hydrogens is 268 g/mol. The van der Waals surface area contributed by atoms with Crippen LogP contribution >= 0.6 is 0 Å². The van der Waals surface area contributed by atoms with Gasteiger partial charge in [0.05, 0.1) is 5.60 Å². The Morgan fingerprint density at radius 3 is 2.47 bits per heavy atom. The Hall–Kier alpha value is -0.210. The Bertz CT molecular complexity index is 385. The monoisotopic (exact) mass is 292 g/mol. The molecule has 0 saturated carbocycles. The fraction of sp³-hybridized carbons (Fsp3) is 1.00. The van der Waals surface area contributed by atoms with Crippen LogP contribution in [0.3, 0.4) is 0 Å². The topological polar surface area (TPSA) is 78.9 Å². The maximum Gasteiger partial charge on any atom is 0.279 e. The number of nitrogens with zero attached hydrogens (tertiary/aromatic N) is 1. The van der Waals surface area contributed by atoms with Crippen LogP contribution in [0, 0.1) is 5.92 Å². The SMILES string of the molecule is CC1CCN(S(=O)(=O)NCC2(O)CCOCC2)CC1. The van der Waals surface area contributed by atoms with E-state index in [2.05, 4.69) is 11.6 Å². The van der Waals surface area contributed by atoms with Gasteiger partial charge in [-0.15, -0.1) is 0 Å². The molecule has 2 rings (SSSR count). The minimum atomic E-state index is -3.46. The lowest BCUT2D eigenvalue weighted by Crippen LogP contribution is -2.51. The summed E-state index contributed by atoms with van der Waals surface area (Å²) in [5, 5.41) is 10.2. The van der Waals surface area contributed by atoms with Gasteiger partial charge in [-0.1, -0.05) is 6.92 Å². The Morgan fingerprint density at radius 1 is 1.32 bits per heavy atom. The van der Waals surface area contributed by atoms with Crippen LogP contribution in [0.25, 0.3) is 0 Å². The predicted octanol–water partition coefficient (Wildman–Crippen LogP) is 0.0942. The summed E-state index contributed by atoms with van der Waals surface area (Å²) >= 11 is 0. The van der Waals surface area contributed by atoms with E-state index in [1.54, 1.807) is 0 Å². The fourth-order valence-corrected chi connectivity index (χ4v) is 3.80. The van der Waals surface area contributed by atoms with E-state index in [4.69, 9.17) is 4.74 Å². The number of rotatable bonds is 4. The van der Waals surface area contributed by atoms with Crippen LogP contribution in [-0.4, -0.2) is 56.3 Å². The molecule has 2 aliphatic rings. The molecule has 0 aliphatic carbocycles. The molecular formula is C12H24N2O4S. The van der Waals surface area contributed by atoms with Crippen molar-refractivity contribution in [3.8, 4) is 0 Å². The molecule has 0 bridgehead atoms. The van der Waals surface area contributed by atoms with Crippen molar-refractivity contribution in [2.45, 2.75) is 38.2 Å². The van der Waals surface area contributed by atoms with E-state index in [-0.39, 0.29) is 6.54 Å². The summed E-state index contributed by atoms with van der Waals surface area (Å²) in [6.45, 7) is 4.32. The lowest BCUT2D eigenvalue weighted by atomic mass is 9.95. The lowest BCUT2D eigenvalue weighted by Gasteiger charge is -2.34. The van der Waals surface area contributed by atoms with Crippen molar-refractivity contribution >= 4 is 10.2 Å². The zero-order valence-electron chi connectivity index (χ0n) is 11.5. The summed E-state index contributed by atoms with van der Waals surface area (Å²) in [6.07, 6.45) is 2.76. The Balaban J connectivity index is 1.87. The highest BCUT2D eigenvalue weighted by molar-refractivity contribution is 7.87. The second-order valence-corrected chi connectivity index (χ2v) is 7.50. The summed E-state index contributed by atoms with van der Waals surface area (Å²) in [6, 6.07) is 0. The molecule has 0 unspecified atom stereocenters. The molecule has 2 fully saturated rings. The van der Waals surface area contributed by atoms with E-state index in [9.17, 15) is 13.5 Å². The first-order chi connectivity index (χ1) is 8.91.